The molecule has 2 aromatic rings. The van der Waals surface area contributed by atoms with Crippen LogP contribution in [0, 0.1) is 0 Å². The van der Waals surface area contributed by atoms with E-state index in [1.807, 2.05) is 0 Å². The van der Waals surface area contributed by atoms with Crippen LogP contribution in [0.15, 0.2) is 53.6 Å². The highest BCUT2D eigenvalue weighted by molar-refractivity contribution is 5.91. The summed E-state index contributed by atoms with van der Waals surface area (Å²) in [6.45, 7) is 2.17. The zero-order chi connectivity index (χ0) is 20.9. The lowest BCUT2D eigenvalue weighted by Crippen LogP contribution is -2.16. The lowest BCUT2D eigenvalue weighted by atomic mass is 10.1. The van der Waals surface area contributed by atoms with Crippen LogP contribution >= 0.6 is 0 Å². The number of ether oxygens (including phenoxy) is 2. The minimum absolute atomic E-state index is 0.0807. The third-order valence-electron chi connectivity index (χ3n) is 4.33. The molecule has 2 rings (SSSR count). The Bertz CT molecular complexity index is 799. The van der Waals surface area contributed by atoms with Crippen LogP contribution in [0.2, 0.25) is 0 Å². The highest BCUT2D eigenvalue weighted by Crippen LogP contribution is 2.16. The van der Waals surface area contributed by atoms with E-state index >= 15 is 0 Å². The Morgan fingerprint density at radius 1 is 0.931 bits per heavy atom. The Balaban J connectivity index is 1.76. The highest BCUT2D eigenvalue weighted by atomic mass is 16.5. The maximum atomic E-state index is 12.2. The van der Waals surface area contributed by atoms with Crippen molar-refractivity contribution in [1.29, 1.82) is 0 Å². The molecule has 6 nitrogen and oxygen atoms in total. The van der Waals surface area contributed by atoms with E-state index in [1.54, 1.807) is 61.9 Å². The molecule has 0 aliphatic rings. The van der Waals surface area contributed by atoms with Crippen molar-refractivity contribution in [2.75, 3.05) is 7.11 Å². The van der Waals surface area contributed by atoms with E-state index in [0.29, 0.717) is 23.5 Å². The molecule has 29 heavy (non-hydrogen) atoms. The summed E-state index contributed by atoms with van der Waals surface area (Å²) in [4.78, 5) is 23.9. The number of amides is 1. The summed E-state index contributed by atoms with van der Waals surface area (Å²) >= 11 is 0. The van der Waals surface area contributed by atoms with Crippen molar-refractivity contribution in [3.05, 3.63) is 59.7 Å². The molecule has 0 aromatic heterocycles. The topological polar surface area (TPSA) is 77.0 Å². The Hall–Kier alpha value is -3.15. The van der Waals surface area contributed by atoms with Gasteiger partial charge in [0.25, 0.3) is 0 Å². The largest absolute Gasteiger partial charge is 0.497 e. The zero-order valence-electron chi connectivity index (χ0n) is 17.0. The number of methoxy groups -OCH3 is 1. The van der Waals surface area contributed by atoms with Crippen molar-refractivity contribution in [1.82, 2.24) is 5.43 Å². The van der Waals surface area contributed by atoms with Crippen LogP contribution in [0.1, 0.15) is 61.4 Å². The Morgan fingerprint density at radius 3 is 2.24 bits per heavy atom. The van der Waals surface area contributed by atoms with Gasteiger partial charge in [0.1, 0.15) is 11.5 Å². The van der Waals surface area contributed by atoms with Crippen LogP contribution in [0.5, 0.6) is 11.5 Å². The molecule has 0 bridgehead atoms. The Morgan fingerprint density at radius 2 is 1.59 bits per heavy atom. The third kappa shape index (κ3) is 8.17. The summed E-state index contributed by atoms with van der Waals surface area (Å²) in [5, 5.41) is 3.97. The normalized spacial score (nSPS) is 10.7. The number of unbranched alkanes of at least 4 members (excludes halogenated alkanes) is 4. The second-order valence-corrected chi connectivity index (χ2v) is 6.64. The molecule has 0 atom stereocenters. The van der Waals surface area contributed by atoms with Gasteiger partial charge < -0.3 is 9.47 Å². The first-order chi connectivity index (χ1) is 14.1. The standard InChI is InChI=1S/C23H28N2O4/c1-3-4-5-6-7-8-22(26)25-24-17-18-9-13-21(14-10-18)29-23(27)19-11-15-20(28-2)16-12-19/h9-17H,3-8H2,1-2H3,(H,25,26)/b24-17+. The van der Waals surface area contributed by atoms with Gasteiger partial charge >= 0.3 is 5.97 Å². The fourth-order valence-electron chi connectivity index (χ4n) is 2.64. The number of carbonyl (C=O) groups is 2. The predicted molar refractivity (Wildman–Crippen MR) is 114 cm³/mol. The van der Waals surface area contributed by atoms with Crippen molar-refractivity contribution in [2.45, 2.75) is 45.4 Å². The number of nitrogens with zero attached hydrogens (tertiary/aromatic N) is 1. The number of carbonyl (C=O) groups excluding carboxylic acids is 2. The summed E-state index contributed by atoms with van der Waals surface area (Å²) in [5.41, 5.74) is 3.76. The number of hydrogen-bond donors (Lipinski definition) is 1. The van der Waals surface area contributed by atoms with E-state index in [1.165, 1.54) is 19.3 Å². The van der Waals surface area contributed by atoms with Gasteiger partial charge in [-0.2, -0.15) is 5.10 Å². The van der Waals surface area contributed by atoms with Gasteiger partial charge in [-0.25, -0.2) is 10.2 Å². The van der Waals surface area contributed by atoms with Gasteiger partial charge in [-0.1, -0.05) is 32.6 Å². The molecule has 2 aromatic carbocycles. The highest BCUT2D eigenvalue weighted by Gasteiger charge is 2.08. The van der Waals surface area contributed by atoms with E-state index in [-0.39, 0.29) is 5.91 Å². The van der Waals surface area contributed by atoms with Crippen molar-refractivity contribution in [3.8, 4) is 11.5 Å². The summed E-state index contributed by atoms with van der Waals surface area (Å²) < 4.78 is 10.4. The lowest BCUT2D eigenvalue weighted by molar-refractivity contribution is -0.121. The molecular weight excluding hydrogens is 368 g/mol. The molecule has 0 aliphatic carbocycles. The summed E-state index contributed by atoms with van der Waals surface area (Å²) in [5.74, 6) is 0.580. The van der Waals surface area contributed by atoms with Crippen LogP contribution in [-0.2, 0) is 4.79 Å². The maximum Gasteiger partial charge on any atom is 0.343 e. The second-order valence-electron chi connectivity index (χ2n) is 6.64. The molecule has 0 fully saturated rings. The number of hydrazone groups is 1. The van der Waals surface area contributed by atoms with Crippen molar-refractivity contribution < 1.29 is 19.1 Å². The number of rotatable bonds is 11. The molecule has 154 valence electrons. The maximum absolute atomic E-state index is 12.2. The molecule has 0 saturated heterocycles. The molecule has 1 N–H and O–H groups in total. The minimum atomic E-state index is -0.444. The van der Waals surface area contributed by atoms with Crippen LogP contribution in [-0.4, -0.2) is 25.2 Å². The smallest absolute Gasteiger partial charge is 0.343 e. The van der Waals surface area contributed by atoms with E-state index in [0.717, 1.165) is 18.4 Å². The van der Waals surface area contributed by atoms with E-state index in [9.17, 15) is 9.59 Å². The number of benzene rings is 2. The minimum Gasteiger partial charge on any atom is -0.497 e. The predicted octanol–water partition coefficient (Wildman–Crippen LogP) is 4.73. The summed E-state index contributed by atoms with van der Waals surface area (Å²) in [6.07, 6.45) is 7.58. The molecule has 0 radical (unpaired) electrons. The molecule has 0 unspecified atom stereocenters. The molecule has 0 heterocycles. The van der Waals surface area contributed by atoms with Gasteiger partial charge in [0.15, 0.2) is 0 Å². The number of hydrogen-bond acceptors (Lipinski definition) is 5. The molecule has 0 aliphatic heterocycles. The van der Waals surface area contributed by atoms with E-state index in [4.69, 9.17) is 9.47 Å². The quantitative estimate of drug-likeness (QED) is 0.196. The van der Waals surface area contributed by atoms with Crippen LogP contribution < -0.4 is 14.9 Å². The van der Waals surface area contributed by atoms with E-state index < -0.39 is 5.97 Å². The molecule has 0 saturated carbocycles. The van der Waals surface area contributed by atoms with E-state index in [2.05, 4.69) is 17.5 Å². The molecule has 6 heteroatoms. The number of nitrogens with one attached hydrogen (secondary N) is 1. The van der Waals surface area contributed by atoms with Crippen LogP contribution in [0.4, 0.5) is 0 Å². The SMILES string of the molecule is CCCCCCCC(=O)N/N=C/c1ccc(OC(=O)c2ccc(OC)cc2)cc1. The van der Waals surface area contributed by atoms with Gasteiger partial charge in [0.2, 0.25) is 5.91 Å². The van der Waals surface area contributed by atoms with Crippen LogP contribution in [0.25, 0.3) is 0 Å². The average Bonchev–Trinajstić information content (AvgIpc) is 2.75. The summed E-state index contributed by atoms with van der Waals surface area (Å²) in [7, 11) is 1.57. The van der Waals surface area contributed by atoms with Gasteiger partial charge in [-0.15, -0.1) is 0 Å². The average molecular weight is 396 g/mol. The Labute approximate surface area is 171 Å². The molecule has 1 amide bonds. The summed E-state index contributed by atoms with van der Waals surface area (Å²) in [6, 6.07) is 13.6. The van der Waals surface area contributed by atoms with Crippen molar-refractivity contribution in [3.63, 3.8) is 0 Å². The first-order valence-electron chi connectivity index (χ1n) is 9.90. The monoisotopic (exact) mass is 396 g/mol. The molecule has 0 spiro atoms. The van der Waals surface area contributed by atoms with Crippen LogP contribution in [0.3, 0.4) is 0 Å². The first-order valence-corrected chi connectivity index (χ1v) is 9.90. The molecular formula is C23H28N2O4. The van der Waals surface area contributed by atoms with Gasteiger partial charge in [0, 0.05) is 6.42 Å². The van der Waals surface area contributed by atoms with Gasteiger partial charge in [-0.3, -0.25) is 4.79 Å². The van der Waals surface area contributed by atoms with Gasteiger partial charge in [-0.05, 0) is 60.5 Å². The first kappa shape index (κ1) is 22.1. The second kappa shape index (κ2) is 12.3. The van der Waals surface area contributed by atoms with Crippen molar-refractivity contribution >= 4 is 18.1 Å². The fourth-order valence-corrected chi connectivity index (χ4v) is 2.64. The van der Waals surface area contributed by atoms with Gasteiger partial charge in [0.05, 0.1) is 18.9 Å². The number of esters is 1. The zero-order valence-corrected chi connectivity index (χ0v) is 17.0. The van der Waals surface area contributed by atoms with Crippen molar-refractivity contribution in [2.24, 2.45) is 5.10 Å². The Kier molecular flexibility index (Phi) is 9.42. The lowest BCUT2D eigenvalue weighted by Gasteiger charge is -2.05. The third-order valence-corrected chi connectivity index (χ3v) is 4.33. The fraction of sp³-hybridized carbons (Fsp3) is 0.348.